The predicted molar refractivity (Wildman–Crippen MR) is 107 cm³/mol. The number of halogens is 1. The van der Waals surface area contributed by atoms with Crippen molar-refractivity contribution in [1.82, 2.24) is 14.9 Å². The van der Waals surface area contributed by atoms with E-state index in [1.807, 2.05) is 6.92 Å². The number of rotatable bonds is 7. The van der Waals surface area contributed by atoms with Gasteiger partial charge in [-0.3, -0.25) is 4.99 Å². The van der Waals surface area contributed by atoms with E-state index in [-0.39, 0.29) is 42.4 Å². The fourth-order valence-electron chi connectivity index (χ4n) is 2.79. The smallest absolute Gasteiger partial charge is 0.213 e. The number of hydrogen-bond donors (Lipinski definition) is 3. The second-order valence-corrected chi connectivity index (χ2v) is 8.34. The minimum atomic E-state index is -3.25. The van der Waals surface area contributed by atoms with Crippen molar-refractivity contribution in [2.45, 2.75) is 45.1 Å². The second-order valence-electron chi connectivity index (χ2n) is 6.42. The third-order valence-electron chi connectivity index (χ3n) is 4.54. The monoisotopic (exact) mass is 474 g/mol. The van der Waals surface area contributed by atoms with Gasteiger partial charge < -0.3 is 15.3 Å². The molecule has 7 nitrogen and oxygen atoms in total. The summed E-state index contributed by atoms with van der Waals surface area (Å²) < 4.78 is 26.7. The molecule has 1 aliphatic heterocycles. The molecule has 1 saturated carbocycles. The molecule has 2 aliphatic rings. The lowest BCUT2D eigenvalue weighted by molar-refractivity contribution is 0.108. The molecule has 24 heavy (non-hydrogen) atoms. The van der Waals surface area contributed by atoms with Crippen LogP contribution in [0.3, 0.4) is 0 Å². The van der Waals surface area contributed by atoms with Crippen LogP contribution in [0.2, 0.25) is 0 Å². The SMILES string of the molecule is CCNC(=NCCS(=O)(=O)NCC1CCC1)N1CCC(O)CC1.I. The fourth-order valence-corrected chi connectivity index (χ4v) is 3.75. The summed E-state index contributed by atoms with van der Waals surface area (Å²) in [6.45, 7) is 5.05. The van der Waals surface area contributed by atoms with Crippen molar-refractivity contribution in [2.24, 2.45) is 10.9 Å². The van der Waals surface area contributed by atoms with Gasteiger partial charge >= 0.3 is 0 Å². The molecule has 1 heterocycles. The highest BCUT2D eigenvalue weighted by Gasteiger charge is 2.21. The number of hydrogen-bond acceptors (Lipinski definition) is 4. The maximum atomic E-state index is 12.0. The summed E-state index contributed by atoms with van der Waals surface area (Å²) in [5.74, 6) is 1.28. The third kappa shape index (κ3) is 7.40. The van der Waals surface area contributed by atoms with Gasteiger partial charge in [0.1, 0.15) is 0 Å². The van der Waals surface area contributed by atoms with Crippen LogP contribution in [0.4, 0.5) is 0 Å². The van der Waals surface area contributed by atoms with E-state index in [0.29, 0.717) is 12.5 Å². The van der Waals surface area contributed by atoms with Gasteiger partial charge in [0.15, 0.2) is 5.96 Å². The lowest BCUT2D eigenvalue weighted by Crippen LogP contribution is -2.46. The van der Waals surface area contributed by atoms with E-state index in [2.05, 4.69) is 19.9 Å². The summed E-state index contributed by atoms with van der Waals surface area (Å²) in [6.07, 6.45) is 4.70. The molecule has 0 amide bonds. The van der Waals surface area contributed by atoms with Crippen molar-refractivity contribution in [2.75, 3.05) is 38.5 Å². The molecule has 2 fully saturated rings. The van der Waals surface area contributed by atoms with Crippen molar-refractivity contribution < 1.29 is 13.5 Å². The number of aliphatic hydroxyl groups is 1. The van der Waals surface area contributed by atoms with E-state index in [0.717, 1.165) is 51.3 Å². The molecule has 0 unspecified atom stereocenters. The molecule has 0 aromatic heterocycles. The van der Waals surface area contributed by atoms with Gasteiger partial charge in [-0.1, -0.05) is 6.42 Å². The van der Waals surface area contributed by atoms with Gasteiger partial charge in [-0.2, -0.15) is 0 Å². The highest BCUT2D eigenvalue weighted by Crippen LogP contribution is 2.25. The Morgan fingerprint density at radius 3 is 2.46 bits per heavy atom. The quantitative estimate of drug-likeness (QED) is 0.288. The largest absolute Gasteiger partial charge is 0.393 e. The van der Waals surface area contributed by atoms with Crippen LogP contribution >= 0.6 is 24.0 Å². The van der Waals surface area contributed by atoms with Gasteiger partial charge in [0.05, 0.1) is 18.4 Å². The molecular formula is C15H31IN4O3S. The average molecular weight is 474 g/mol. The number of aliphatic hydroxyl groups excluding tert-OH is 1. The lowest BCUT2D eigenvalue weighted by atomic mass is 9.86. The number of guanidine groups is 1. The molecule has 0 radical (unpaired) electrons. The maximum Gasteiger partial charge on any atom is 0.213 e. The first-order chi connectivity index (χ1) is 11.0. The van der Waals surface area contributed by atoms with E-state index in [1.54, 1.807) is 0 Å². The van der Waals surface area contributed by atoms with E-state index >= 15 is 0 Å². The molecule has 0 bridgehead atoms. The Labute approximate surface area is 162 Å². The molecule has 9 heteroatoms. The van der Waals surface area contributed by atoms with E-state index < -0.39 is 10.0 Å². The second kappa shape index (κ2) is 10.8. The Bertz CT molecular complexity index is 489. The van der Waals surface area contributed by atoms with Crippen molar-refractivity contribution in [3.05, 3.63) is 0 Å². The summed E-state index contributed by atoms with van der Waals surface area (Å²) in [4.78, 5) is 6.53. The van der Waals surface area contributed by atoms with Gasteiger partial charge in [0.25, 0.3) is 0 Å². The number of piperidine rings is 1. The molecule has 0 aromatic rings. The van der Waals surface area contributed by atoms with Crippen molar-refractivity contribution in [3.8, 4) is 0 Å². The minimum absolute atomic E-state index is 0. The van der Waals surface area contributed by atoms with Crippen LogP contribution < -0.4 is 10.0 Å². The predicted octanol–water partition coefficient (Wildman–Crippen LogP) is 0.746. The van der Waals surface area contributed by atoms with Crippen molar-refractivity contribution >= 4 is 40.0 Å². The van der Waals surface area contributed by atoms with Crippen LogP contribution in [-0.2, 0) is 10.0 Å². The lowest BCUT2D eigenvalue weighted by Gasteiger charge is -2.32. The van der Waals surface area contributed by atoms with Crippen molar-refractivity contribution in [1.29, 1.82) is 0 Å². The Kier molecular flexibility index (Phi) is 9.83. The Balaban J connectivity index is 0.00000288. The van der Waals surface area contributed by atoms with Crippen LogP contribution in [0.25, 0.3) is 0 Å². The molecule has 0 atom stereocenters. The summed E-state index contributed by atoms with van der Waals surface area (Å²) >= 11 is 0. The molecule has 1 aliphatic carbocycles. The van der Waals surface area contributed by atoms with Gasteiger partial charge in [0.2, 0.25) is 10.0 Å². The number of nitrogens with zero attached hydrogens (tertiary/aromatic N) is 2. The Morgan fingerprint density at radius 1 is 1.25 bits per heavy atom. The van der Waals surface area contributed by atoms with Gasteiger partial charge in [-0.15, -0.1) is 24.0 Å². The van der Waals surface area contributed by atoms with Crippen LogP contribution in [0.5, 0.6) is 0 Å². The van der Waals surface area contributed by atoms with E-state index in [1.165, 1.54) is 6.42 Å². The Morgan fingerprint density at radius 2 is 1.92 bits per heavy atom. The standard InChI is InChI=1S/C15H30N4O3S.HI/c1-2-16-15(19-9-6-14(20)7-10-19)17-8-11-23(21,22)18-12-13-4-3-5-13;/h13-14,18,20H,2-12H2,1H3,(H,16,17);1H. The Hall–Kier alpha value is -0.130. The topological polar surface area (TPSA) is 94.0 Å². The number of aliphatic imine (C=N–C) groups is 1. The zero-order valence-corrected chi connectivity index (χ0v) is 17.6. The first-order valence-corrected chi connectivity index (χ1v) is 10.3. The summed E-state index contributed by atoms with van der Waals surface area (Å²) in [5, 5.41) is 12.8. The van der Waals surface area contributed by atoms with Crippen LogP contribution in [0.15, 0.2) is 4.99 Å². The zero-order valence-electron chi connectivity index (χ0n) is 14.4. The minimum Gasteiger partial charge on any atom is -0.393 e. The van der Waals surface area contributed by atoms with Gasteiger partial charge in [0, 0.05) is 26.2 Å². The normalized spacial score (nSPS) is 20.4. The maximum absolute atomic E-state index is 12.0. The summed E-state index contributed by atoms with van der Waals surface area (Å²) in [6, 6.07) is 0. The molecule has 2 rings (SSSR count). The highest BCUT2D eigenvalue weighted by molar-refractivity contribution is 14.0. The van der Waals surface area contributed by atoms with Gasteiger partial charge in [-0.05, 0) is 38.5 Å². The number of sulfonamides is 1. The molecule has 142 valence electrons. The first-order valence-electron chi connectivity index (χ1n) is 8.69. The van der Waals surface area contributed by atoms with Crippen LogP contribution in [0, 0.1) is 5.92 Å². The number of nitrogens with one attached hydrogen (secondary N) is 2. The van der Waals surface area contributed by atoms with Gasteiger partial charge in [-0.25, -0.2) is 13.1 Å². The average Bonchev–Trinajstić information content (AvgIpc) is 2.45. The summed E-state index contributed by atoms with van der Waals surface area (Å²) in [5.41, 5.74) is 0. The first kappa shape index (κ1) is 21.9. The highest BCUT2D eigenvalue weighted by atomic mass is 127. The zero-order chi connectivity index (χ0) is 16.7. The fraction of sp³-hybridized carbons (Fsp3) is 0.933. The molecule has 1 saturated heterocycles. The third-order valence-corrected chi connectivity index (χ3v) is 5.86. The molecule has 3 N–H and O–H groups in total. The number of likely N-dealkylation sites (tertiary alicyclic amines) is 1. The van der Waals surface area contributed by atoms with E-state index in [4.69, 9.17) is 0 Å². The van der Waals surface area contributed by atoms with Crippen LogP contribution in [0.1, 0.15) is 39.0 Å². The van der Waals surface area contributed by atoms with Crippen molar-refractivity contribution in [3.63, 3.8) is 0 Å². The summed E-state index contributed by atoms with van der Waals surface area (Å²) in [7, 11) is -3.25. The van der Waals surface area contributed by atoms with E-state index in [9.17, 15) is 13.5 Å². The molecular weight excluding hydrogens is 443 g/mol. The molecule has 0 aromatic carbocycles. The van der Waals surface area contributed by atoms with Crippen LogP contribution in [-0.4, -0.2) is 69.0 Å². The molecule has 0 spiro atoms.